The third kappa shape index (κ3) is 5.28. The van der Waals surface area contributed by atoms with Gasteiger partial charge in [0.2, 0.25) is 10.0 Å². The van der Waals surface area contributed by atoms with Crippen molar-refractivity contribution in [3.05, 3.63) is 71.8 Å². The Balaban J connectivity index is 2.29. The molecule has 0 spiro atoms. The molecule has 0 aliphatic rings. The zero-order valence-electron chi connectivity index (χ0n) is 15.0. The highest BCUT2D eigenvalue weighted by molar-refractivity contribution is 7.89. The molecule has 2 aromatic rings. The minimum atomic E-state index is -3.78. The highest BCUT2D eigenvalue weighted by atomic mass is 32.2. The number of esters is 1. The Morgan fingerprint density at radius 1 is 1.08 bits per heavy atom. The maximum Gasteiger partial charge on any atom is 0.310 e. The van der Waals surface area contributed by atoms with Gasteiger partial charge in [0.25, 0.3) is 0 Å². The van der Waals surface area contributed by atoms with Gasteiger partial charge in [-0.1, -0.05) is 67.1 Å². The molecule has 0 aliphatic heterocycles. The number of benzene rings is 2. The zero-order chi connectivity index (χ0) is 19.2. The van der Waals surface area contributed by atoms with Gasteiger partial charge in [-0.15, -0.1) is 0 Å². The van der Waals surface area contributed by atoms with Crippen LogP contribution in [0.4, 0.5) is 0 Å². The van der Waals surface area contributed by atoms with Crippen LogP contribution < -0.4 is 4.72 Å². The van der Waals surface area contributed by atoms with Crippen LogP contribution in [-0.4, -0.2) is 27.5 Å². The minimum Gasteiger partial charge on any atom is -0.469 e. The summed E-state index contributed by atoms with van der Waals surface area (Å²) in [5.41, 5.74) is 1.87. The van der Waals surface area contributed by atoms with E-state index < -0.39 is 28.0 Å². The third-order valence-electron chi connectivity index (χ3n) is 4.03. The van der Waals surface area contributed by atoms with Crippen molar-refractivity contribution in [1.82, 2.24) is 4.72 Å². The highest BCUT2D eigenvalue weighted by Crippen LogP contribution is 2.16. The van der Waals surface area contributed by atoms with Gasteiger partial charge in [-0.05, 0) is 24.6 Å². The van der Waals surface area contributed by atoms with E-state index in [0.717, 1.165) is 11.1 Å². The Hall–Kier alpha value is -2.44. The van der Waals surface area contributed by atoms with Crippen molar-refractivity contribution < 1.29 is 17.9 Å². The summed E-state index contributed by atoms with van der Waals surface area (Å²) in [5.74, 6) is -1.17. The van der Waals surface area contributed by atoms with Gasteiger partial charge in [0.05, 0.1) is 24.0 Å². The average molecular weight is 373 g/mol. The number of aryl methyl sites for hydroxylation is 1. The number of ether oxygens (including phenoxy) is 1. The van der Waals surface area contributed by atoms with Crippen LogP contribution in [0.1, 0.15) is 18.1 Å². The van der Waals surface area contributed by atoms with Gasteiger partial charge in [-0.3, -0.25) is 4.79 Å². The van der Waals surface area contributed by atoms with Crippen molar-refractivity contribution in [1.29, 1.82) is 0 Å². The Morgan fingerprint density at radius 2 is 1.69 bits per heavy atom. The van der Waals surface area contributed by atoms with Gasteiger partial charge >= 0.3 is 5.97 Å². The molecule has 26 heavy (non-hydrogen) atoms. The van der Waals surface area contributed by atoms with Gasteiger partial charge in [-0.25, -0.2) is 13.1 Å². The summed E-state index contributed by atoms with van der Waals surface area (Å²) >= 11 is 0. The number of carbonyl (C=O) groups excluding carboxylic acids is 1. The predicted octanol–water partition coefficient (Wildman–Crippen LogP) is 3.16. The van der Waals surface area contributed by atoms with Gasteiger partial charge in [0, 0.05) is 0 Å². The van der Waals surface area contributed by atoms with Crippen LogP contribution in [0.15, 0.2) is 65.6 Å². The molecule has 2 unspecified atom stereocenters. The first-order valence-corrected chi connectivity index (χ1v) is 9.72. The number of rotatable bonds is 7. The van der Waals surface area contributed by atoms with Crippen molar-refractivity contribution in [2.45, 2.75) is 24.8 Å². The lowest BCUT2D eigenvalue weighted by molar-refractivity contribution is -0.145. The molecule has 5 nitrogen and oxygen atoms in total. The maximum atomic E-state index is 12.7. The lowest BCUT2D eigenvalue weighted by Crippen LogP contribution is -2.41. The van der Waals surface area contributed by atoms with Crippen molar-refractivity contribution >= 4 is 22.1 Å². The second-order valence-electron chi connectivity index (χ2n) is 6.04. The standard InChI is InChI=1S/C20H23NO4S/c1-15-9-12-18(13-10-15)26(23,24)21-19(16(2)20(22)25-3)14-11-17-7-5-4-6-8-17/h4-14,16,19,21H,1-3H3/b14-11+. The summed E-state index contributed by atoms with van der Waals surface area (Å²) in [6.45, 7) is 3.51. The SMILES string of the molecule is COC(=O)C(C)C(/C=C/c1ccccc1)NS(=O)(=O)c1ccc(C)cc1. The number of hydrogen-bond donors (Lipinski definition) is 1. The molecule has 0 radical (unpaired) electrons. The molecular formula is C20H23NO4S. The normalized spacial score (nSPS) is 14.1. The van der Waals surface area contributed by atoms with E-state index in [1.54, 1.807) is 43.3 Å². The maximum absolute atomic E-state index is 12.7. The summed E-state index contributed by atoms with van der Waals surface area (Å²) in [6, 6.07) is 15.2. The van der Waals surface area contributed by atoms with E-state index in [2.05, 4.69) is 4.72 Å². The number of carbonyl (C=O) groups is 1. The summed E-state index contributed by atoms with van der Waals surface area (Å²) < 4.78 is 32.7. The van der Waals surface area contributed by atoms with E-state index in [0.29, 0.717) is 0 Å². The van der Waals surface area contributed by atoms with Crippen LogP contribution in [0.5, 0.6) is 0 Å². The molecule has 6 heteroatoms. The van der Waals surface area contributed by atoms with Crippen molar-refractivity contribution in [2.24, 2.45) is 5.92 Å². The Morgan fingerprint density at radius 3 is 2.27 bits per heavy atom. The summed E-state index contributed by atoms with van der Waals surface area (Å²) in [6.07, 6.45) is 3.45. The molecule has 2 rings (SSSR count). The number of hydrogen-bond acceptors (Lipinski definition) is 4. The Bertz CT molecular complexity index is 858. The topological polar surface area (TPSA) is 72.5 Å². The first kappa shape index (κ1) is 19.9. The first-order valence-electron chi connectivity index (χ1n) is 8.23. The fourth-order valence-electron chi connectivity index (χ4n) is 2.38. The average Bonchev–Trinajstić information content (AvgIpc) is 2.65. The number of nitrogens with one attached hydrogen (secondary N) is 1. The van der Waals surface area contributed by atoms with E-state index in [-0.39, 0.29) is 4.90 Å². The van der Waals surface area contributed by atoms with Crippen LogP contribution in [-0.2, 0) is 19.6 Å². The Labute approximate surface area is 154 Å². The number of sulfonamides is 1. The minimum absolute atomic E-state index is 0.151. The van der Waals surface area contributed by atoms with Gasteiger partial charge < -0.3 is 4.74 Å². The molecular weight excluding hydrogens is 350 g/mol. The molecule has 0 fully saturated rings. The van der Waals surface area contributed by atoms with Gasteiger partial charge in [-0.2, -0.15) is 0 Å². The lowest BCUT2D eigenvalue weighted by atomic mass is 10.0. The van der Waals surface area contributed by atoms with E-state index in [1.807, 2.05) is 37.3 Å². The fourth-order valence-corrected chi connectivity index (χ4v) is 3.66. The van der Waals surface area contributed by atoms with Crippen LogP contribution in [0, 0.1) is 12.8 Å². The van der Waals surface area contributed by atoms with Crippen LogP contribution in [0.3, 0.4) is 0 Å². The Kier molecular flexibility index (Phi) is 6.71. The van der Waals surface area contributed by atoms with Gasteiger partial charge in [0.15, 0.2) is 0 Å². The molecule has 0 aromatic heterocycles. The van der Waals surface area contributed by atoms with Gasteiger partial charge in [0.1, 0.15) is 0 Å². The summed E-state index contributed by atoms with van der Waals surface area (Å²) in [7, 11) is -2.49. The smallest absolute Gasteiger partial charge is 0.310 e. The lowest BCUT2D eigenvalue weighted by Gasteiger charge is -2.20. The van der Waals surface area contributed by atoms with Crippen LogP contribution in [0.25, 0.3) is 6.08 Å². The molecule has 0 aliphatic carbocycles. The van der Waals surface area contributed by atoms with Crippen LogP contribution >= 0.6 is 0 Å². The predicted molar refractivity (Wildman–Crippen MR) is 102 cm³/mol. The molecule has 1 N–H and O–H groups in total. The quantitative estimate of drug-likeness (QED) is 0.757. The first-order chi connectivity index (χ1) is 12.3. The molecule has 2 aromatic carbocycles. The third-order valence-corrected chi connectivity index (χ3v) is 5.50. The zero-order valence-corrected chi connectivity index (χ0v) is 15.9. The second kappa shape index (κ2) is 8.78. The van der Waals surface area contributed by atoms with E-state index in [9.17, 15) is 13.2 Å². The fraction of sp³-hybridized carbons (Fsp3) is 0.250. The van der Waals surface area contributed by atoms with Crippen molar-refractivity contribution in [2.75, 3.05) is 7.11 Å². The van der Waals surface area contributed by atoms with Crippen molar-refractivity contribution in [3.63, 3.8) is 0 Å². The van der Waals surface area contributed by atoms with E-state index in [4.69, 9.17) is 4.74 Å². The molecule has 2 atom stereocenters. The molecule has 0 saturated heterocycles. The molecule has 0 saturated carbocycles. The molecule has 0 bridgehead atoms. The summed E-state index contributed by atoms with van der Waals surface area (Å²) in [5, 5.41) is 0. The largest absolute Gasteiger partial charge is 0.469 e. The molecule has 0 heterocycles. The molecule has 138 valence electrons. The monoisotopic (exact) mass is 373 g/mol. The van der Waals surface area contributed by atoms with Crippen molar-refractivity contribution in [3.8, 4) is 0 Å². The highest BCUT2D eigenvalue weighted by Gasteiger charge is 2.27. The molecule has 0 amide bonds. The summed E-state index contributed by atoms with van der Waals surface area (Å²) in [4.78, 5) is 12.1. The van der Waals surface area contributed by atoms with E-state index >= 15 is 0 Å². The van der Waals surface area contributed by atoms with Crippen LogP contribution in [0.2, 0.25) is 0 Å². The second-order valence-corrected chi connectivity index (χ2v) is 7.76. The number of methoxy groups -OCH3 is 1. The van der Waals surface area contributed by atoms with E-state index in [1.165, 1.54) is 7.11 Å².